The Morgan fingerprint density at radius 1 is 1.19 bits per heavy atom. The minimum absolute atomic E-state index is 0.0982. The van der Waals surface area contributed by atoms with E-state index in [1.54, 1.807) is 0 Å². The Balaban J connectivity index is 4.53. The number of hydrogen-bond donors (Lipinski definition) is 1. The quantitative estimate of drug-likeness (QED) is 0.734. The molecule has 0 aliphatic rings. The number of alkyl halides is 3. The largest absolute Gasteiger partial charge is 0.402 e. The second-order valence-corrected chi connectivity index (χ2v) is 5.49. The first-order chi connectivity index (χ1) is 7.11. The van der Waals surface area contributed by atoms with Gasteiger partial charge in [0, 0.05) is 20.6 Å². The van der Waals surface area contributed by atoms with Crippen molar-refractivity contribution < 1.29 is 21.6 Å². The molecular formula is C7H16F3N3O2S. The standard InChI is InChI=1S/C7H16F3N3O2S/c1-12(5-3-4-11)16(14,15)13(2)6-7(8,9)10/h3-6,11H2,1-2H3. The van der Waals surface area contributed by atoms with Gasteiger partial charge in [0.2, 0.25) is 0 Å². The molecule has 0 saturated heterocycles. The van der Waals surface area contributed by atoms with E-state index in [9.17, 15) is 21.6 Å². The van der Waals surface area contributed by atoms with Crippen LogP contribution in [0.25, 0.3) is 0 Å². The Labute approximate surface area is 93.2 Å². The molecule has 0 atom stereocenters. The molecule has 0 bridgehead atoms. The van der Waals surface area contributed by atoms with Gasteiger partial charge in [-0.3, -0.25) is 0 Å². The first kappa shape index (κ1) is 15.6. The molecule has 0 unspecified atom stereocenters. The summed E-state index contributed by atoms with van der Waals surface area (Å²) in [6.45, 7) is -1.12. The van der Waals surface area contributed by atoms with Crippen LogP contribution in [0, 0.1) is 0 Å². The summed E-state index contributed by atoms with van der Waals surface area (Å²) in [7, 11) is -1.94. The van der Waals surface area contributed by atoms with Gasteiger partial charge in [-0.05, 0) is 13.0 Å². The van der Waals surface area contributed by atoms with Crippen LogP contribution in [-0.4, -0.2) is 56.9 Å². The van der Waals surface area contributed by atoms with Crippen molar-refractivity contribution in [3.05, 3.63) is 0 Å². The Morgan fingerprint density at radius 2 is 1.69 bits per heavy atom. The van der Waals surface area contributed by atoms with Crippen LogP contribution in [0.5, 0.6) is 0 Å². The molecule has 0 spiro atoms. The van der Waals surface area contributed by atoms with Crippen LogP contribution in [-0.2, 0) is 10.2 Å². The van der Waals surface area contributed by atoms with Gasteiger partial charge in [-0.2, -0.15) is 30.2 Å². The zero-order valence-corrected chi connectivity index (χ0v) is 9.98. The van der Waals surface area contributed by atoms with Crippen LogP contribution in [0.2, 0.25) is 0 Å². The smallest absolute Gasteiger partial charge is 0.330 e. The van der Waals surface area contributed by atoms with E-state index in [0.717, 1.165) is 11.4 Å². The predicted molar refractivity (Wildman–Crippen MR) is 53.9 cm³/mol. The van der Waals surface area contributed by atoms with Gasteiger partial charge in [-0.1, -0.05) is 0 Å². The molecule has 0 saturated carbocycles. The minimum atomic E-state index is -4.55. The van der Waals surface area contributed by atoms with Crippen molar-refractivity contribution in [2.75, 3.05) is 33.7 Å². The fourth-order valence-corrected chi connectivity index (χ4v) is 2.15. The Kier molecular flexibility index (Phi) is 5.66. The lowest BCUT2D eigenvalue weighted by Gasteiger charge is -2.24. The van der Waals surface area contributed by atoms with E-state index in [1.807, 2.05) is 0 Å². The van der Waals surface area contributed by atoms with Crippen molar-refractivity contribution >= 4 is 10.2 Å². The average molecular weight is 263 g/mol. The fourth-order valence-electron chi connectivity index (χ4n) is 1.00. The summed E-state index contributed by atoms with van der Waals surface area (Å²) in [5, 5.41) is 0. The van der Waals surface area contributed by atoms with Gasteiger partial charge in [-0.25, -0.2) is 0 Å². The van der Waals surface area contributed by atoms with Crippen LogP contribution in [0.4, 0.5) is 13.2 Å². The highest BCUT2D eigenvalue weighted by Gasteiger charge is 2.35. The molecule has 98 valence electrons. The summed E-state index contributed by atoms with van der Waals surface area (Å²) in [4.78, 5) is 0. The van der Waals surface area contributed by atoms with Crippen molar-refractivity contribution in [2.45, 2.75) is 12.6 Å². The van der Waals surface area contributed by atoms with Crippen LogP contribution in [0.1, 0.15) is 6.42 Å². The highest BCUT2D eigenvalue weighted by molar-refractivity contribution is 7.86. The molecule has 0 aromatic rings. The monoisotopic (exact) mass is 263 g/mol. The van der Waals surface area contributed by atoms with Crippen molar-refractivity contribution in [3.63, 3.8) is 0 Å². The van der Waals surface area contributed by atoms with Gasteiger partial charge in [0.1, 0.15) is 6.54 Å². The molecule has 0 heterocycles. The zero-order chi connectivity index (χ0) is 13.0. The Hall–Kier alpha value is -0.380. The Morgan fingerprint density at radius 3 is 2.06 bits per heavy atom. The molecule has 0 aliphatic heterocycles. The van der Waals surface area contributed by atoms with Crippen molar-refractivity contribution in [3.8, 4) is 0 Å². The summed E-state index contributed by atoms with van der Waals surface area (Å²) < 4.78 is 60.2. The SMILES string of the molecule is CN(CCCN)S(=O)(=O)N(C)CC(F)(F)F. The second kappa shape index (κ2) is 5.80. The lowest BCUT2D eigenvalue weighted by Crippen LogP contribution is -2.44. The van der Waals surface area contributed by atoms with Gasteiger partial charge in [-0.15, -0.1) is 0 Å². The number of rotatable bonds is 6. The Bertz CT molecular complexity index is 304. The maximum Gasteiger partial charge on any atom is 0.402 e. The van der Waals surface area contributed by atoms with Crippen molar-refractivity contribution in [1.82, 2.24) is 8.61 Å². The van der Waals surface area contributed by atoms with Crippen LogP contribution in [0.3, 0.4) is 0 Å². The van der Waals surface area contributed by atoms with Crippen LogP contribution in [0.15, 0.2) is 0 Å². The first-order valence-electron chi connectivity index (χ1n) is 4.55. The van der Waals surface area contributed by atoms with Crippen LogP contribution >= 0.6 is 0 Å². The van der Waals surface area contributed by atoms with E-state index >= 15 is 0 Å². The van der Waals surface area contributed by atoms with E-state index in [4.69, 9.17) is 5.73 Å². The maximum absolute atomic E-state index is 12.0. The third-order valence-electron chi connectivity index (χ3n) is 1.87. The molecule has 0 fully saturated rings. The minimum Gasteiger partial charge on any atom is -0.330 e. The zero-order valence-electron chi connectivity index (χ0n) is 9.16. The normalized spacial score (nSPS) is 13.8. The molecule has 0 aromatic carbocycles. The van der Waals surface area contributed by atoms with Gasteiger partial charge in [0.05, 0.1) is 0 Å². The summed E-state index contributed by atoms with van der Waals surface area (Å²) in [6, 6.07) is 0. The summed E-state index contributed by atoms with van der Waals surface area (Å²) >= 11 is 0. The third-order valence-corrected chi connectivity index (χ3v) is 3.75. The van der Waals surface area contributed by atoms with E-state index in [2.05, 4.69) is 0 Å². The molecule has 5 nitrogen and oxygen atoms in total. The lowest BCUT2D eigenvalue weighted by molar-refractivity contribution is -0.134. The predicted octanol–water partition coefficient (Wildman–Crippen LogP) is 0.00590. The summed E-state index contributed by atoms with van der Waals surface area (Å²) in [5.74, 6) is 0. The third kappa shape index (κ3) is 5.10. The molecule has 0 amide bonds. The van der Waals surface area contributed by atoms with Gasteiger partial charge in [0.15, 0.2) is 0 Å². The molecule has 0 rings (SSSR count). The van der Waals surface area contributed by atoms with Gasteiger partial charge in [0.25, 0.3) is 10.2 Å². The average Bonchev–Trinajstić information content (AvgIpc) is 2.11. The van der Waals surface area contributed by atoms with Gasteiger partial charge >= 0.3 is 6.18 Å². The molecule has 0 radical (unpaired) electrons. The molecule has 0 aromatic heterocycles. The van der Waals surface area contributed by atoms with E-state index in [0.29, 0.717) is 6.42 Å². The number of nitrogens with zero attached hydrogens (tertiary/aromatic N) is 2. The molecule has 9 heteroatoms. The number of halogens is 3. The molecule has 0 aliphatic carbocycles. The molecular weight excluding hydrogens is 247 g/mol. The maximum atomic E-state index is 12.0. The fraction of sp³-hybridized carbons (Fsp3) is 1.00. The number of nitrogens with two attached hydrogens (primary N) is 1. The van der Waals surface area contributed by atoms with Gasteiger partial charge < -0.3 is 5.73 Å². The summed E-state index contributed by atoms with van der Waals surface area (Å²) in [5.41, 5.74) is 5.18. The van der Waals surface area contributed by atoms with Crippen molar-refractivity contribution in [2.24, 2.45) is 5.73 Å². The topological polar surface area (TPSA) is 66.6 Å². The summed E-state index contributed by atoms with van der Waals surface area (Å²) in [6.07, 6.45) is -4.15. The lowest BCUT2D eigenvalue weighted by atomic mass is 10.4. The van der Waals surface area contributed by atoms with Crippen LogP contribution < -0.4 is 5.73 Å². The van der Waals surface area contributed by atoms with E-state index < -0.39 is 22.9 Å². The number of hydrogen-bond acceptors (Lipinski definition) is 3. The second-order valence-electron chi connectivity index (χ2n) is 3.34. The highest BCUT2D eigenvalue weighted by atomic mass is 32.2. The molecule has 2 N–H and O–H groups in total. The first-order valence-corrected chi connectivity index (χ1v) is 5.95. The molecule has 16 heavy (non-hydrogen) atoms. The highest BCUT2D eigenvalue weighted by Crippen LogP contribution is 2.18. The van der Waals surface area contributed by atoms with E-state index in [-0.39, 0.29) is 17.4 Å². The van der Waals surface area contributed by atoms with Crippen molar-refractivity contribution in [1.29, 1.82) is 0 Å². The van der Waals surface area contributed by atoms with E-state index in [1.165, 1.54) is 7.05 Å².